The van der Waals surface area contributed by atoms with Crippen LogP contribution in [0.4, 0.5) is 0 Å². The molecular formula is C23H37IN4O. The Morgan fingerprint density at radius 2 is 1.90 bits per heavy atom. The van der Waals surface area contributed by atoms with E-state index < -0.39 is 0 Å². The number of amides is 1. The molecule has 1 heterocycles. The van der Waals surface area contributed by atoms with Crippen molar-refractivity contribution in [1.29, 1.82) is 0 Å². The van der Waals surface area contributed by atoms with E-state index in [0.29, 0.717) is 13.0 Å². The van der Waals surface area contributed by atoms with Crippen molar-refractivity contribution in [2.75, 3.05) is 27.2 Å². The van der Waals surface area contributed by atoms with Gasteiger partial charge in [-0.25, -0.2) is 0 Å². The zero-order chi connectivity index (χ0) is 19.9. The summed E-state index contributed by atoms with van der Waals surface area (Å²) in [6.07, 6.45) is 7.04. The zero-order valence-corrected chi connectivity index (χ0v) is 20.5. The Bertz CT molecular complexity index is 685. The number of hydrogen-bond donors (Lipinski definition) is 1. The van der Waals surface area contributed by atoms with E-state index in [1.165, 1.54) is 36.8 Å². The highest BCUT2D eigenvalue weighted by Crippen LogP contribution is 2.28. The number of carbonyl (C=O) groups is 1. The topological polar surface area (TPSA) is 47.9 Å². The van der Waals surface area contributed by atoms with Crippen LogP contribution in [0.25, 0.3) is 0 Å². The van der Waals surface area contributed by atoms with E-state index >= 15 is 0 Å². The molecule has 1 N–H and O–H groups in total. The molecule has 0 unspecified atom stereocenters. The highest BCUT2D eigenvalue weighted by atomic mass is 127. The SMILES string of the molecule is CN=C(NCc1ccccc1CN1CCCC1=O)N(C)CC1CCC(C)CC1.I. The molecule has 2 fully saturated rings. The smallest absolute Gasteiger partial charge is 0.222 e. The molecule has 1 aromatic carbocycles. The summed E-state index contributed by atoms with van der Waals surface area (Å²) >= 11 is 0. The Kier molecular flexibility index (Phi) is 9.72. The first-order valence-electron chi connectivity index (χ1n) is 10.8. The summed E-state index contributed by atoms with van der Waals surface area (Å²) in [4.78, 5) is 20.7. The molecule has 0 bridgehead atoms. The molecule has 2 aliphatic rings. The van der Waals surface area contributed by atoms with Crippen LogP contribution in [-0.4, -0.2) is 48.9 Å². The number of halogens is 1. The van der Waals surface area contributed by atoms with E-state index in [1.807, 2.05) is 11.9 Å². The van der Waals surface area contributed by atoms with Gasteiger partial charge < -0.3 is 15.1 Å². The van der Waals surface area contributed by atoms with E-state index in [4.69, 9.17) is 0 Å². The van der Waals surface area contributed by atoms with E-state index in [1.54, 1.807) is 0 Å². The van der Waals surface area contributed by atoms with Crippen molar-refractivity contribution < 1.29 is 4.79 Å². The van der Waals surface area contributed by atoms with Crippen LogP contribution in [0.2, 0.25) is 0 Å². The van der Waals surface area contributed by atoms with Crippen LogP contribution in [0.1, 0.15) is 56.6 Å². The lowest BCUT2D eigenvalue weighted by Gasteiger charge is -2.31. The predicted molar refractivity (Wildman–Crippen MR) is 130 cm³/mol. The van der Waals surface area contributed by atoms with Crippen LogP contribution in [0.5, 0.6) is 0 Å². The summed E-state index contributed by atoms with van der Waals surface area (Å²) in [5, 5.41) is 3.53. The molecule has 1 aliphatic heterocycles. The van der Waals surface area contributed by atoms with Crippen LogP contribution in [-0.2, 0) is 17.9 Å². The number of likely N-dealkylation sites (tertiary alicyclic amines) is 1. The van der Waals surface area contributed by atoms with Crippen LogP contribution in [0.3, 0.4) is 0 Å². The number of guanidine groups is 1. The Morgan fingerprint density at radius 3 is 2.52 bits per heavy atom. The van der Waals surface area contributed by atoms with Crippen molar-refractivity contribution in [3.05, 3.63) is 35.4 Å². The molecule has 1 aliphatic carbocycles. The van der Waals surface area contributed by atoms with Crippen LogP contribution in [0, 0.1) is 11.8 Å². The van der Waals surface area contributed by atoms with Gasteiger partial charge in [0.25, 0.3) is 0 Å². The average Bonchev–Trinajstić information content (AvgIpc) is 3.10. The third-order valence-electron chi connectivity index (χ3n) is 6.33. The third-order valence-corrected chi connectivity index (χ3v) is 6.33. The van der Waals surface area contributed by atoms with Crippen LogP contribution < -0.4 is 5.32 Å². The summed E-state index contributed by atoms with van der Waals surface area (Å²) in [7, 11) is 4.00. The van der Waals surface area contributed by atoms with Gasteiger partial charge in [0.2, 0.25) is 5.91 Å². The number of carbonyl (C=O) groups excluding carboxylic acids is 1. The van der Waals surface area contributed by atoms with Crippen molar-refractivity contribution in [2.24, 2.45) is 16.8 Å². The second-order valence-electron chi connectivity index (χ2n) is 8.59. The quantitative estimate of drug-likeness (QED) is 0.352. The minimum absolute atomic E-state index is 0. The van der Waals surface area contributed by atoms with Crippen molar-refractivity contribution in [3.8, 4) is 0 Å². The van der Waals surface area contributed by atoms with Crippen molar-refractivity contribution in [1.82, 2.24) is 15.1 Å². The Morgan fingerprint density at radius 1 is 1.21 bits per heavy atom. The Balaban J connectivity index is 0.00000300. The van der Waals surface area contributed by atoms with Gasteiger partial charge in [0, 0.05) is 46.7 Å². The lowest BCUT2D eigenvalue weighted by Crippen LogP contribution is -2.41. The molecule has 1 saturated heterocycles. The molecule has 0 aromatic heterocycles. The van der Waals surface area contributed by atoms with Crippen molar-refractivity contribution >= 4 is 35.8 Å². The predicted octanol–water partition coefficient (Wildman–Crippen LogP) is 4.26. The Labute approximate surface area is 193 Å². The van der Waals surface area contributed by atoms with Gasteiger partial charge in [0.05, 0.1) is 0 Å². The molecule has 6 heteroatoms. The van der Waals surface area contributed by atoms with Crippen LogP contribution in [0.15, 0.2) is 29.3 Å². The highest BCUT2D eigenvalue weighted by Gasteiger charge is 2.22. The fourth-order valence-corrected chi connectivity index (χ4v) is 4.51. The maximum atomic E-state index is 12.0. The molecule has 3 rings (SSSR count). The van der Waals surface area contributed by atoms with E-state index in [2.05, 4.69) is 53.4 Å². The number of nitrogens with zero attached hydrogens (tertiary/aromatic N) is 3. The number of hydrogen-bond acceptors (Lipinski definition) is 2. The van der Waals surface area contributed by atoms with Gasteiger partial charge in [-0.05, 0) is 42.2 Å². The van der Waals surface area contributed by atoms with E-state index in [9.17, 15) is 4.79 Å². The maximum absolute atomic E-state index is 12.0. The second kappa shape index (κ2) is 11.8. The molecule has 1 saturated carbocycles. The second-order valence-corrected chi connectivity index (χ2v) is 8.59. The van der Waals surface area contributed by atoms with Gasteiger partial charge in [-0.3, -0.25) is 9.79 Å². The number of benzene rings is 1. The van der Waals surface area contributed by atoms with Crippen LogP contribution >= 0.6 is 24.0 Å². The fourth-order valence-electron chi connectivity index (χ4n) is 4.51. The summed E-state index contributed by atoms with van der Waals surface area (Å²) in [5.41, 5.74) is 2.47. The number of rotatable bonds is 6. The molecule has 162 valence electrons. The lowest BCUT2D eigenvalue weighted by atomic mass is 9.83. The highest BCUT2D eigenvalue weighted by molar-refractivity contribution is 14.0. The molecular weight excluding hydrogens is 475 g/mol. The van der Waals surface area contributed by atoms with Gasteiger partial charge in [-0.1, -0.05) is 44.0 Å². The van der Waals surface area contributed by atoms with E-state index in [0.717, 1.165) is 43.9 Å². The van der Waals surface area contributed by atoms with Crippen molar-refractivity contribution in [2.45, 2.75) is 58.5 Å². The number of aliphatic imine (C=N–C) groups is 1. The molecule has 0 atom stereocenters. The zero-order valence-electron chi connectivity index (χ0n) is 18.2. The molecule has 0 radical (unpaired) electrons. The molecule has 1 aromatic rings. The van der Waals surface area contributed by atoms with Crippen molar-refractivity contribution in [3.63, 3.8) is 0 Å². The first-order chi connectivity index (χ1) is 13.6. The summed E-state index contributed by atoms with van der Waals surface area (Å²) in [5.74, 6) is 2.89. The third kappa shape index (κ3) is 6.86. The molecule has 29 heavy (non-hydrogen) atoms. The normalized spacial score (nSPS) is 22.4. The summed E-state index contributed by atoms with van der Waals surface area (Å²) in [6, 6.07) is 8.42. The summed E-state index contributed by atoms with van der Waals surface area (Å²) < 4.78 is 0. The first-order valence-corrected chi connectivity index (χ1v) is 10.8. The van der Waals surface area contributed by atoms with Gasteiger partial charge in [-0.2, -0.15) is 0 Å². The minimum Gasteiger partial charge on any atom is -0.352 e. The Hall–Kier alpha value is -1.31. The number of nitrogens with one attached hydrogen (secondary N) is 1. The standard InChI is InChI=1S/C23H36N4O.HI/c1-18-10-12-19(13-11-18)16-26(3)23(24-2)25-15-20-7-4-5-8-21(20)17-27-14-6-9-22(27)28;/h4-5,7-8,18-19H,6,9-17H2,1-3H3,(H,24,25);1H. The summed E-state index contributed by atoms with van der Waals surface area (Å²) in [6.45, 7) is 5.76. The molecule has 5 nitrogen and oxygen atoms in total. The van der Waals surface area contributed by atoms with Gasteiger partial charge >= 0.3 is 0 Å². The van der Waals surface area contributed by atoms with E-state index in [-0.39, 0.29) is 29.9 Å². The van der Waals surface area contributed by atoms with Gasteiger partial charge in [0.1, 0.15) is 0 Å². The fraction of sp³-hybridized carbons (Fsp3) is 0.652. The first kappa shape index (κ1) is 24.0. The average molecular weight is 512 g/mol. The molecule has 1 amide bonds. The monoisotopic (exact) mass is 512 g/mol. The maximum Gasteiger partial charge on any atom is 0.222 e. The lowest BCUT2D eigenvalue weighted by molar-refractivity contribution is -0.128. The largest absolute Gasteiger partial charge is 0.352 e. The minimum atomic E-state index is 0. The molecule has 0 spiro atoms. The van der Waals surface area contributed by atoms with Gasteiger partial charge in [-0.15, -0.1) is 24.0 Å². The van der Waals surface area contributed by atoms with Gasteiger partial charge in [0.15, 0.2) is 5.96 Å².